The third-order valence-corrected chi connectivity index (χ3v) is 8.57. The first-order valence-electron chi connectivity index (χ1n) is 13.6. The van der Waals surface area contributed by atoms with Gasteiger partial charge in [0.15, 0.2) is 0 Å². The molecule has 1 aromatic heterocycles. The summed E-state index contributed by atoms with van der Waals surface area (Å²) < 4.78 is 3.55. The van der Waals surface area contributed by atoms with Crippen molar-refractivity contribution in [1.29, 1.82) is 0 Å². The zero-order valence-corrected chi connectivity index (χ0v) is 23.3. The van der Waals surface area contributed by atoms with Crippen molar-refractivity contribution in [2.75, 3.05) is 0 Å². The fourth-order valence-electron chi connectivity index (χ4n) is 6.20. The zero-order chi connectivity index (χ0) is 26.6. The smallest absolute Gasteiger partial charge is 0.0625 e. The standard InChI is InChI=1S/C38H24BrN/c39-29-19-14-26(15-20-29)27-16-21-30(22-17-27)40-36-23-18-28(25-8-2-1-3-9-25)24-35(36)37-33-12-6-4-10-31(33)32-11-5-7-13-34(32)38(37)40/h1-24H. The lowest BCUT2D eigenvalue weighted by atomic mass is 9.96. The molecule has 8 rings (SSSR count). The van der Waals surface area contributed by atoms with E-state index in [1.54, 1.807) is 0 Å². The summed E-state index contributed by atoms with van der Waals surface area (Å²) in [5, 5.41) is 7.71. The summed E-state index contributed by atoms with van der Waals surface area (Å²) in [5.41, 5.74) is 8.51. The number of rotatable bonds is 3. The molecule has 0 aliphatic heterocycles. The number of halogens is 1. The Balaban J connectivity index is 1.48. The van der Waals surface area contributed by atoms with Crippen LogP contribution >= 0.6 is 15.9 Å². The topological polar surface area (TPSA) is 4.93 Å². The molecule has 0 amide bonds. The van der Waals surface area contributed by atoms with Gasteiger partial charge in [0.2, 0.25) is 0 Å². The molecular weight excluding hydrogens is 550 g/mol. The summed E-state index contributed by atoms with van der Waals surface area (Å²) in [7, 11) is 0. The van der Waals surface area contributed by atoms with Crippen LogP contribution in [-0.2, 0) is 0 Å². The van der Waals surface area contributed by atoms with E-state index >= 15 is 0 Å². The summed E-state index contributed by atoms with van der Waals surface area (Å²) in [5.74, 6) is 0. The fraction of sp³-hybridized carbons (Fsp3) is 0. The summed E-state index contributed by atoms with van der Waals surface area (Å²) in [6, 6.07) is 52.8. The molecule has 0 fully saturated rings. The SMILES string of the molecule is Brc1ccc(-c2ccc(-n3c4ccc(-c5ccccc5)cc4c4c5ccccc5c5ccccc5c43)cc2)cc1. The Labute approximate surface area is 241 Å². The molecule has 0 radical (unpaired) electrons. The summed E-state index contributed by atoms with van der Waals surface area (Å²) in [4.78, 5) is 0. The highest BCUT2D eigenvalue weighted by molar-refractivity contribution is 9.10. The van der Waals surface area contributed by atoms with E-state index in [0.717, 1.165) is 10.2 Å². The van der Waals surface area contributed by atoms with Crippen LogP contribution in [0.25, 0.3) is 71.3 Å². The first kappa shape index (κ1) is 23.2. The highest BCUT2D eigenvalue weighted by Gasteiger charge is 2.19. The minimum atomic E-state index is 1.09. The summed E-state index contributed by atoms with van der Waals surface area (Å²) in [6.07, 6.45) is 0. The van der Waals surface area contributed by atoms with E-state index < -0.39 is 0 Å². The molecule has 8 aromatic rings. The predicted molar refractivity (Wildman–Crippen MR) is 174 cm³/mol. The molecule has 0 aliphatic carbocycles. The second-order valence-corrected chi connectivity index (χ2v) is 11.2. The third-order valence-electron chi connectivity index (χ3n) is 8.05. The second kappa shape index (κ2) is 9.22. The van der Waals surface area contributed by atoms with Crippen molar-refractivity contribution >= 4 is 59.3 Å². The lowest BCUT2D eigenvalue weighted by Gasteiger charge is -2.13. The van der Waals surface area contributed by atoms with Gasteiger partial charge in [-0.1, -0.05) is 125 Å². The second-order valence-electron chi connectivity index (χ2n) is 10.3. The first-order valence-corrected chi connectivity index (χ1v) is 14.3. The van der Waals surface area contributed by atoms with Crippen LogP contribution in [0.5, 0.6) is 0 Å². The molecule has 0 atom stereocenters. The molecule has 0 bridgehead atoms. The Kier molecular flexibility index (Phi) is 5.36. The Morgan fingerprint density at radius 3 is 1.62 bits per heavy atom. The monoisotopic (exact) mass is 573 g/mol. The van der Waals surface area contributed by atoms with Gasteiger partial charge in [0.05, 0.1) is 11.0 Å². The average molecular weight is 575 g/mol. The minimum Gasteiger partial charge on any atom is -0.309 e. The van der Waals surface area contributed by atoms with Gasteiger partial charge in [-0.15, -0.1) is 0 Å². The first-order chi connectivity index (χ1) is 19.8. The van der Waals surface area contributed by atoms with Crippen molar-refractivity contribution in [3.8, 4) is 27.9 Å². The summed E-state index contributed by atoms with van der Waals surface area (Å²) in [6.45, 7) is 0. The van der Waals surface area contributed by atoms with Gasteiger partial charge in [-0.25, -0.2) is 0 Å². The fourth-order valence-corrected chi connectivity index (χ4v) is 6.47. The van der Waals surface area contributed by atoms with E-state index in [1.807, 2.05) is 0 Å². The van der Waals surface area contributed by atoms with Gasteiger partial charge in [-0.2, -0.15) is 0 Å². The van der Waals surface area contributed by atoms with Gasteiger partial charge in [0.25, 0.3) is 0 Å². The molecule has 1 heterocycles. The molecule has 188 valence electrons. The largest absolute Gasteiger partial charge is 0.309 e. The van der Waals surface area contributed by atoms with E-state index in [0.29, 0.717) is 0 Å². The lowest BCUT2D eigenvalue weighted by Crippen LogP contribution is -1.95. The van der Waals surface area contributed by atoms with Crippen LogP contribution in [0.3, 0.4) is 0 Å². The molecule has 0 unspecified atom stereocenters. The maximum absolute atomic E-state index is 3.56. The van der Waals surface area contributed by atoms with Crippen molar-refractivity contribution < 1.29 is 0 Å². The number of hydrogen-bond donors (Lipinski definition) is 0. The number of hydrogen-bond acceptors (Lipinski definition) is 0. The van der Waals surface area contributed by atoms with Crippen molar-refractivity contribution in [2.45, 2.75) is 0 Å². The van der Waals surface area contributed by atoms with Gasteiger partial charge in [0.1, 0.15) is 0 Å². The van der Waals surface area contributed by atoms with E-state index in [1.165, 1.54) is 65.6 Å². The minimum absolute atomic E-state index is 1.09. The van der Waals surface area contributed by atoms with Crippen molar-refractivity contribution in [3.63, 3.8) is 0 Å². The normalized spacial score (nSPS) is 11.6. The number of benzene rings is 7. The molecule has 0 spiro atoms. The van der Waals surface area contributed by atoms with Crippen LogP contribution in [0.4, 0.5) is 0 Å². The number of aromatic nitrogens is 1. The van der Waals surface area contributed by atoms with E-state index in [-0.39, 0.29) is 0 Å². The van der Waals surface area contributed by atoms with Crippen molar-refractivity contribution in [3.05, 3.63) is 150 Å². The molecule has 0 N–H and O–H groups in total. The molecule has 2 heteroatoms. The van der Waals surface area contributed by atoms with E-state index in [2.05, 4.69) is 166 Å². The lowest BCUT2D eigenvalue weighted by molar-refractivity contribution is 1.19. The molecule has 0 aliphatic rings. The predicted octanol–water partition coefficient (Wildman–Crippen LogP) is 11.2. The highest BCUT2D eigenvalue weighted by atomic mass is 79.9. The molecular formula is C38H24BrN. The highest BCUT2D eigenvalue weighted by Crippen LogP contribution is 2.43. The van der Waals surface area contributed by atoms with Gasteiger partial charge in [-0.3, -0.25) is 0 Å². The average Bonchev–Trinajstić information content (AvgIpc) is 3.37. The van der Waals surface area contributed by atoms with E-state index in [4.69, 9.17) is 0 Å². The van der Waals surface area contributed by atoms with Gasteiger partial charge >= 0.3 is 0 Å². The number of fused-ring (bicyclic) bond motifs is 8. The maximum atomic E-state index is 3.56. The van der Waals surface area contributed by atoms with Crippen LogP contribution in [0.1, 0.15) is 0 Å². The quantitative estimate of drug-likeness (QED) is 0.185. The molecule has 7 aromatic carbocycles. The van der Waals surface area contributed by atoms with Crippen LogP contribution in [0.2, 0.25) is 0 Å². The zero-order valence-electron chi connectivity index (χ0n) is 21.7. The molecule has 0 saturated heterocycles. The van der Waals surface area contributed by atoms with Crippen LogP contribution in [-0.4, -0.2) is 4.57 Å². The summed E-state index contributed by atoms with van der Waals surface area (Å²) >= 11 is 3.56. The van der Waals surface area contributed by atoms with E-state index in [9.17, 15) is 0 Å². The van der Waals surface area contributed by atoms with Crippen LogP contribution in [0.15, 0.2) is 150 Å². The van der Waals surface area contributed by atoms with Crippen molar-refractivity contribution in [2.24, 2.45) is 0 Å². The molecule has 40 heavy (non-hydrogen) atoms. The Morgan fingerprint density at radius 2 is 0.925 bits per heavy atom. The number of nitrogens with zero attached hydrogens (tertiary/aromatic N) is 1. The molecule has 0 saturated carbocycles. The van der Waals surface area contributed by atoms with Gasteiger partial charge in [-0.05, 0) is 74.8 Å². The Bertz CT molecular complexity index is 2190. The third kappa shape index (κ3) is 3.61. The maximum Gasteiger partial charge on any atom is 0.0625 e. The Morgan fingerprint density at radius 1 is 0.400 bits per heavy atom. The van der Waals surface area contributed by atoms with Crippen LogP contribution in [0, 0.1) is 0 Å². The van der Waals surface area contributed by atoms with Gasteiger partial charge in [0, 0.05) is 26.3 Å². The van der Waals surface area contributed by atoms with Gasteiger partial charge < -0.3 is 4.57 Å². The van der Waals surface area contributed by atoms with Crippen LogP contribution < -0.4 is 0 Å². The van der Waals surface area contributed by atoms with Crippen molar-refractivity contribution in [1.82, 2.24) is 4.57 Å². The Hall–Kier alpha value is -4.66. The molecule has 1 nitrogen and oxygen atoms in total.